The quantitative estimate of drug-likeness (QED) is 0.914. The second kappa shape index (κ2) is 6.52. The third-order valence-electron chi connectivity index (χ3n) is 3.68. The predicted molar refractivity (Wildman–Crippen MR) is 87.6 cm³/mol. The standard InChI is InChI=1S/C18H18N2O3/c1-12(21)19-15-8-6-13(7-9-15)18(22)20-16-10-14-4-2-3-5-17(14)23-11-16/h2-9,16H,10-11H2,1H3,(H,19,21)(H,20,22). The van der Waals surface area contributed by atoms with Gasteiger partial charge in [-0.05, 0) is 42.3 Å². The molecular weight excluding hydrogens is 292 g/mol. The molecule has 1 aliphatic heterocycles. The molecule has 2 N–H and O–H groups in total. The first kappa shape index (κ1) is 15.1. The first-order valence-corrected chi connectivity index (χ1v) is 7.51. The van der Waals surface area contributed by atoms with Crippen molar-refractivity contribution in [2.24, 2.45) is 0 Å². The number of rotatable bonds is 3. The van der Waals surface area contributed by atoms with Crippen LogP contribution in [0.15, 0.2) is 48.5 Å². The van der Waals surface area contributed by atoms with E-state index >= 15 is 0 Å². The number of carbonyl (C=O) groups is 2. The molecule has 5 nitrogen and oxygen atoms in total. The highest BCUT2D eigenvalue weighted by molar-refractivity contribution is 5.95. The van der Waals surface area contributed by atoms with Gasteiger partial charge in [-0.25, -0.2) is 0 Å². The second-order valence-corrected chi connectivity index (χ2v) is 5.55. The number of anilines is 1. The number of fused-ring (bicyclic) bond motifs is 1. The fourth-order valence-electron chi connectivity index (χ4n) is 2.60. The Morgan fingerprint density at radius 1 is 1.09 bits per heavy atom. The molecule has 0 spiro atoms. The van der Waals surface area contributed by atoms with Crippen LogP contribution in [0.4, 0.5) is 5.69 Å². The minimum Gasteiger partial charge on any atom is -0.491 e. The van der Waals surface area contributed by atoms with Crippen LogP contribution in [0.1, 0.15) is 22.8 Å². The van der Waals surface area contributed by atoms with Gasteiger partial charge in [-0.1, -0.05) is 18.2 Å². The van der Waals surface area contributed by atoms with E-state index in [1.165, 1.54) is 6.92 Å². The molecule has 118 valence electrons. The van der Waals surface area contributed by atoms with Gasteiger partial charge < -0.3 is 15.4 Å². The van der Waals surface area contributed by atoms with Gasteiger partial charge in [0.25, 0.3) is 5.91 Å². The second-order valence-electron chi connectivity index (χ2n) is 5.55. The van der Waals surface area contributed by atoms with Gasteiger partial charge in [0.2, 0.25) is 5.91 Å². The van der Waals surface area contributed by atoms with Crippen molar-refractivity contribution in [3.63, 3.8) is 0 Å². The number of nitrogens with one attached hydrogen (secondary N) is 2. The fourth-order valence-corrected chi connectivity index (χ4v) is 2.60. The Labute approximate surface area is 134 Å². The number of hydrogen-bond donors (Lipinski definition) is 2. The summed E-state index contributed by atoms with van der Waals surface area (Å²) in [5.41, 5.74) is 2.33. The van der Waals surface area contributed by atoms with Gasteiger partial charge >= 0.3 is 0 Å². The Bertz CT molecular complexity index is 725. The molecule has 2 aromatic rings. The Kier molecular flexibility index (Phi) is 4.28. The summed E-state index contributed by atoms with van der Waals surface area (Å²) in [4.78, 5) is 23.3. The van der Waals surface area contributed by atoms with Gasteiger partial charge in [0.05, 0.1) is 6.04 Å². The molecular formula is C18H18N2O3. The summed E-state index contributed by atoms with van der Waals surface area (Å²) < 4.78 is 5.67. The fraction of sp³-hybridized carbons (Fsp3) is 0.222. The monoisotopic (exact) mass is 310 g/mol. The van der Waals surface area contributed by atoms with Crippen molar-refractivity contribution in [3.8, 4) is 5.75 Å². The molecule has 1 aliphatic rings. The van der Waals surface area contributed by atoms with Crippen molar-refractivity contribution >= 4 is 17.5 Å². The molecule has 0 aromatic heterocycles. The highest BCUT2D eigenvalue weighted by Crippen LogP contribution is 2.24. The van der Waals surface area contributed by atoms with E-state index in [4.69, 9.17) is 4.74 Å². The minimum atomic E-state index is -0.146. The van der Waals surface area contributed by atoms with Crippen molar-refractivity contribution in [2.75, 3.05) is 11.9 Å². The number of para-hydroxylation sites is 1. The average Bonchev–Trinajstić information content (AvgIpc) is 2.55. The van der Waals surface area contributed by atoms with Crippen LogP contribution in [-0.4, -0.2) is 24.5 Å². The highest BCUT2D eigenvalue weighted by atomic mass is 16.5. The molecule has 1 heterocycles. The van der Waals surface area contributed by atoms with Gasteiger partial charge in [-0.3, -0.25) is 9.59 Å². The molecule has 0 aliphatic carbocycles. The van der Waals surface area contributed by atoms with Gasteiger partial charge in [0.15, 0.2) is 0 Å². The van der Waals surface area contributed by atoms with E-state index in [0.717, 1.165) is 17.7 Å². The zero-order valence-corrected chi connectivity index (χ0v) is 12.8. The predicted octanol–water partition coefficient (Wildman–Crippen LogP) is 2.38. The normalized spacial score (nSPS) is 16.0. The van der Waals surface area contributed by atoms with Crippen LogP contribution < -0.4 is 15.4 Å². The molecule has 0 bridgehead atoms. The number of carbonyl (C=O) groups excluding carboxylic acids is 2. The number of amides is 2. The molecule has 0 fully saturated rings. The Balaban J connectivity index is 1.62. The zero-order chi connectivity index (χ0) is 16.2. The van der Waals surface area contributed by atoms with Crippen LogP contribution in [0, 0.1) is 0 Å². The number of hydrogen-bond acceptors (Lipinski definition) is 3. The van der Waals surface area contributed by atoms with E-state index in [-0.39, 0.29) is 17.9 Å². The van der Waals surface area contributed by atoms with Crippen molar-refractivity contribution in [1.82, 2.24) is 5.32 Å². The Morgan fingerprint density at radius 3 is 2.57 bits per heavy atom. The Hall–Kier alpha value is -2.82. The maximum Gasteiger partial charge on any atom is 0.251 e. The van der Waals surface area contributed by atoms with Crippen LogP contribution in [0.25, 0.3) is 0 Å². The average molecular weight is 310 g/mol. The highest BCUT2D eigenvalue weighted by Gasteiger charge is 2.21. The summed E-state index contributed by atoms with van der Waals surface area (Å²) in [5.74, 6) is 0.602. The smallest absolute Gasteiger partial charge is 0.251 e. The lowest BCUT2D eigenvalue weighted by atomic mass is 10.0. The summed E-state index contributed by atoms with van der Waals surface area (Å²) in [5, 5.41) is 5.66. The van der Waals surface area contributed by atoms with Crippen molar-refractivity contribution < 1.29 is 14.3 Å². The van der Waals surface area contributed by atoms with Crippen molar-refractivity contribution in [3.05, 3.63) is 59.7 Å². The van der Waals surface area contributed by atoms with E-state index in [1.54, 1.807) is 24.3 Å². The lowest BCUT2D eigenvalue weighted by molar-refractivity contribution is -0.114. The van der Waals surface area contributed by atoms with Crippen LogP contribution in [0.5, 0.6) is 5.75 Å². The van der Waals surface area contributed by atoms with Gasteiger partial charge in [0, 0.05) is 18.2 Å². The topological polar surface area (TPSA) is 67.4 Å². The van der Waals surface area contributed by atoms with Crippen LogP contribution in [0.3, 0.4) is 0 Å². The number of benzene rings is 2. The summed E-state index contributed by atoms with van der Waals surface area (Å²) in [6.07, 6.45) is 0.756. The first-order valence-electron chi connectivity index (χ1n) is 7.51. The van der Waals surface area contributed by atoms with E-state index < -0.39 is 0 Å². The molecule has 1 unspecified atom stereocenters. The molecule has 23 heavy (non-hydrogen) atoms. The third kappa shape index (κ3) is 3.69. The van der Waals surface area contributed by atoms with Gasteiger partial charge in [-0.2, -0.15) is 0 Å². The minimum absolute atomic E-state index is 0.0487. The lowest BCUT2D eigenvalue weighted by Gasteiger charge is -2.26. The Morgan fingerprint density at radius 2 is 1.83 bits per heavy atom. The molecule has 5 heteroatoms. The molecule has 3 rings (SSSR count). The first-order chi connectivity index (χ1) is 11.1. The summed E-state index contributed by atoms with van der Waals surface area (Å²) in [7, 11) is 0. The molecule has 0 radical (unpaired) electrons. The van der Waals surface area contributed by atoms with Crippen LogP contribution in [0.2, 0.25) is 0 Å². The van der Waals surface area contributed by atoms with Crippen LogP contribution >= 0.6 is 0 Å². The van der Waals surface area contributed by atoms with E-state index in [1.807, 2.05) is 24.3 Å². The van der Waals surface area contributed by atoms with Gasteiger partial charge in [-0.15, -0.1) is 0 Å². The molecule has 2 aromatic carbocycles. The third-order valence-corrected chi connectivity index (χ3v) is 3.68. The molecule has 0 saturated heterocycles. The van der Waals surface area contributed by atoms with E-state index in [2.05, 4.69) is 10.6 Å². The van der Waals surface area contributed by atoms with Gasteiger partial charge in [0.1, 0.15) is 12.4 Å². The van der Waals surface area contributed by atoms with E-state index in [9.17, 15) is 9.59 Å². The SMILES string of the molecule is CC(=O)Nc1ccc(C(=O)NC2COc3ccccc3C2)cc1. The van der Waals surface area contributed by atoms with E-state index in [0.29, 0.717) is 17.9 Å². The van der Waals surface area contributed by atoms with Crippen molar-refractivity contribution in [2.45, 2.75) is 19.4 Å². The maximum atomic E-state index is 12.3. The summed E-state index contributed by atoms with van der Waals surface area (Å²) in [6.45, 7) is 1.91. The van der Waals surface area contributed by atoms with Crippen LogP contribution in [-0.2, 0) is 11.2 Å². The summed E-state index contributed by atoms with van der Waals surface area (Å²) >= 11 is 0. The van der Waals surface area contributed by atoms with Crippen molar-refractivity contribution in [1.29, 1.82) is 0 Å². The lowest BCUT2D eigenvalue weighted by Crippen LogP contribution is -2.42. The molecule has 2 amide bonds. The number of ether oxygens (including phenoxy) is 1. The molecule has 1 atom stereocenters. The largest absolute Gasteiger partial charge is 0.491 e. The zero-order valence-electron chi connectivity index (χ0n) is 12.8. The summed E-state index contributed by atoms with van der Waals surface area (Å²) in [6, 6.07) is 14.6. The maximum absolute atomic E-state index is 12.3. The molecule has 0 saturated carbocycles.